The van der Waals surface area contributed by atoms with Crippen LogP contribution in [0.15, 0.2) is 24.3 Å². The van der Waals surface area contributed by atoms with E-state index in [9.17, 15) is 4.79 Å². The number of ether oxygens (including phenoxy) is 2. The molecule has 0 atom stereocenters. The van der Waals surface area contributed by atoms with Crippen LogP contribution in [0.3, 0.4) is 0 Å². The van der Waals surface area contributed by atoms with Crippen molar-refractivity contribution in [3.05, 3.63) is 29.3 Å². The molecule has 0 radical (unpaired) electrons. The van der Waals surface area contributed by atoms with Gasteiger partial charge in [-0.2, -0.15) is 4.80 Å². The van der Waals surface area contributed by atoms with Crippen LogP contribution in [0.4, 0.5) is 16.3 Å². The van der Waals surface area contributed by atoms with Crippen LogP contribution >= 0.6 is 24.0 Å². The van der Waals surface area contributed by atoms with E-state index in [1.165, 1.54) is 11.9 Å². The molecular weight excluding hydrogens is 393 g/mol. The lowest BCUT2D eigenvalue weighted by Gasteiger charge is -2.17. The second-order valence-electron chi connectivity index (χ2n) is 5.52. The zero-order valence-corrected chi connectivity index (χ0v) is 17.2. The Bertz CT molecular complexity index is 705. The van der Waals surface area contributed by atoms with E-state index < -0.39 is 6.16 Å². The Morgan fingerprint density at radius 3 is 2.48 bits per heavy atom. The van der Waals surface area contributed by atoms with Crippen LogP contribution in [0.5, 0.6) is 5.88 Å². The molecule has 0 saturated heterocycles. The van der Waals surface area contributed by atoms with E-state index in [2.05, 4.69) is 39.0 Å². The third-order valence-electron chi connectivity index (χ3n) is 3.80. The van der Waals surface area contributed by atoms with Gasteiger partial charge in [-0.3, -0.25) is 0 Å². The van der Waals surface area contributed by atoms with Gasteiger partial charge in [0.2, 0.25) is 5.82 Å². The second kappa shape index (κ2) is 11.6. The third kappa shape index (κ3) is 7.24. The van der Waals surface area contributed by atoms with Crippen LogP contribution in [0, 0.1) is 0 Å². The molecule has 0 aliphatic heterocycles. The van der Waals surface area contributed by atoms with Gasteiger partial charge in [0.25, 0.3) is 5.88 Å². The fraction of sp³-hybridized carbons (Fsp3) is 0.471. The van der Waals surface area contributed by atoms with Gasteiger partial charge in [-0.25, -0.2) is 4.79 Å². The lowest BCUT2D eigenvalue weighted by molar-refractivity contribution is 0.119. The molecule has 2 aromatic rings. The van der Waals surface area contributed by atoms with Crippen LogP contribution in [0.25, 0.3) is 0 Å². The molecule has 1 N–H and O–H groups in total. The summed E-state index contributed by atoms with van der Waals surface area (Å²) in [5.41, 5.74) is 0.749. The summed E-state index contributed by atoms with van der Waals surface area (Å²) in [4.78, 5) is 15.3. The molecule has 1 aromatic heterocycles. The van der Waals surface area contributed by atoms with Crippen molar-refractivity contribution in [3.8, 4) is 5.88 Å². The number of carbonyl (C=O) groups is 1. The average molecular weight is 418 g/mol. The van der Waals surface area contributed by atoms with E-state index in [0.29, 0.717) is 17.4 Å². The number of anilines is 2. The summed E-state index contributed by atoms with van der Waals surface area (Å²) in [6, 6.07) is 7.09. The van der Waals surface area contributed by atoms with Crippen molar-refractivity contribution in [2.75, 3.05) is 32.1 Å². The van der Waals surface area contributed by atoms with Gasteiger partial charge < -0.3 is 19.7 Å². The molecule has 10 heteroatoms. The standard InChI is InChI=1S/C17H24ClN5O3.ClH/c1-4-22(5-2)11-6-12-23-20-15(16(21-23)26-17(24)25-3)19-14-9-7-13(18)8-10-14;/h7-10H,4-6,11-12H2,1-3H3,(H,19,20);1H. The minimum absolute atomic E-state index is 0. The van der Waals surface area contributed by atoms with Crippen LogP contribution < -0.4 is 10.1 Å². The van der Waals surface area contributed by atoms with Crippen molar-refractivity contribution in [1.29, 1.82) is 0 Å². The zero-order chi connectivity index (χ0) is 18.9. The van der Waals surface area contributed by atoms with Crippen molar-refractivity contribution in [1.82, 2.24) is 19.9 Å². The second-order valence-corrected chi connectivity index (χ2v) is 5.95. The van der Waals surface area contributed by atoms with E-state index in [4.69, 9.17) is 16.3 Å². The number of rotatable bonds is 9. The van der Waals surface area contributed by atoms with Crippen LogP contribution in [-0.2, 0) is 11.3 Å². The van der Waals surface area contributed by atoms with E-state index in [1.54, 1.807) is 24.3 Å². The molecule has 0 fully saturated rings. The van der Waals surface area contributed by atoms with Crippen molar-refractivity contribution in [3.63, 3.8) is 0 Å². The van der Waals surface area contributed by atoms with Crippen molar-refractivity contribution in [2.45, 2.75) is 26.8 Å². The fourth-order valence-electron chi connectivity index (χ4n) is 2.35. The molecule has 150 valence electrons. The molecule has 0 aliphatic rings. The number of benzene rings is 1. The topological polar surface area (TPSA) is 81.5 Å². The van der Waals surface area contributed by atoms with Crippen LogP contribution in [0.2, 0.25) is 5.02 Å². The quantitative estimate of drug-likeness (QED) is 0.617. The summed E-state index contributed by atoms with van der Waals surface area (Å²) in [7, 11) is 1.24. The Labute approximate surface area is 170 Å². The molecule has 8 nitrogen and oxygen atoms in total. The highest BCUT2D eigenvalue weighted by Crippen LogP contribution is 2.25. The molecular formula is C17H25Cl2N5O3. The maximum absolute atomic E-state index is 11.4. The molecule has 0 bridgehead atoms. The summed E-state index contributed by atoms with van der Waals surface area (Å²) in [5.74, 6) is 0.398. The van der Waals surface area contributed by atoms with Gasteiger partial charge in [-0.15, -0.1) is 22.6 Å². The number of aromatic nitrogens is 3. The van der Waals surface area contributed by atoms with E-state index >= 15 is 0 Å². The summed E-state index contributed by atoms with van der Waals surface area (Å²) in [6.07, 6.45) is 0.0355. The number of hydrogen-bond acceptors (Lipinski definition) is 7. The largest absolute Gasteiger partial charge is 0.515 e. The van der Waals surface area contributed by atoms with Gasteiger partial charge in [-0.1, -0.05) is 25.4 Å². The van der Waals surface area contributed by atoms with Crippen molar-refractivity contribution < 1.29 is 14.3 Å². The zero-order valence-electron chi connectivity index (χ0n) is 15.6. The Morgan fingerprint density at radius 2 is 1.89 bits per heavy atom. The minimum atomic E-state index is -0.848. The summed E-state index contributed by atoms with van der Waals surface area (Å²) < 4.78 is 9.62. The minimum Gasteiger partial charge on any atom is -0.437 e. The monoisotopic (exact) mass is 417 g/mol. The molecule has 0 unspecified atom stereocenters. The van der Waals surface area contributed by atoms with Crippen LogP contribution in [-0.4, -0.2) is 52.8 Å². The molecule has 0 saturated carbocycles. The third-order valence-corrected chi connectivity index (χ3v) is 4.06. The number of nitrogens with zero attached hydrogens (tertiary/aromatic N) is 4. The highest BCUT2D eigenvalue weighted by molar-refractivity contribution is 6.30. The Morgan fingerprint density at radius 1 is 1.22 bits per heavy atom. The number of nitrogens with one attached hydrogen (secondary N) is 1. The number of halogens is 2. The molecule has 2 rings (SSSR count). The SMILES string of the molecule is CCN(CC)CCCn1nc(Nc2ccc(Cl)cc2)c(OC(=O)OC)n1.Cl. The predicted molar refractivity (Wildman–Crippen MR) is 107 cm³/mol. The Hall–Kier alpha value is -2.03. The van der Waals surface area contributed by atoms with E-state index in [0.717, 1.165) is 31.7 Å². The molecule has 0 spiro atoms. The summed E-state index contributed by atoms with van der Waals surface area (Å²) in [5, 5.41) is 12.3. The highest BCUT2D eigenvalue weighted by atomic mass is 35.5. The van der Waals surface area contributed by atoms with Crippen molar-refractivity contribution >= 4 is 41.7 Å². The molecule has 1 aromatic carbocycles. The summed E-state index contributed by atoms with van der Waals surface area (Å²) in [6.45, 7) is 7.82. The normalized spacial score (nSPS) is 10.4. The summed E-state index contributed by atoms with van der Waals surface area (Å²) >= 11 is 5.89. The fourth-order valence-corrected chi connectivity index (χ4v) is 2.47. The number of carbonyl (C=O) groups excluding carboxylic acids is 1. The molecule has 0 aliphatic carbocycles. The van der Waals surface area contributed by atoms with Gasteiger partial charge in [0, 0.05) is 10.7 Å². The van der Waals surface area contributed by atoms with Gasteiger partial charge in [-0.05, 0) is 50.3 Å². The van der Waals surface area contributed by atoms with Gasteiger partial charge >= 0.3 is 6.16 Å². The first kappa shape index (κ1) is 23.0. The maximum atomic E-state index is 11.4. The molecule has 27 heavy (non-hydrogen) atoms. The molecule has 0 amide bonds. The average Bonchev–Trinajstić information content (AvgIpc) is 3.01. The Balaban J connectivity index is 0.00000364. The van der Waals surface area contributed by atoms with Gasteiger partial charge in [0.05, 0.1) is 13.7 Å². The predicted octanol–water partition coefficient (Wildman–Crippen LogP) is 3.97. The Kier molecular flexibility index (Phi) is 9.92. The van der Waals surface area contributed by atoms with Crippen LogP contribution in [0.1, 0.15) is 20.3 Å². The lowest BCUT2D eigenvalue weighted by atomic mass is 10.3. The number of aryl methyl sites for hydroxylation is 1. The lowest BCUT2D eigenvalue weighted by Crippen LogP contribution is -2.25. The smallest absolute Gasteiger partial charge is 0.437 e. The van der Waals surface area contributed by atoms with E-state index in [-0.39, 0.29) is 18.3 Å². The first-order chi connectivity index (χ1) is 12.5. The highest BCUT2D eigenvalue weighted by Gasteiger charge is 2.17. The maximum Gasteiger partial charge on any atom is 0.515 e. The number of methoxy groups -OCH3 is 1. The van der Waals surface area contributed by atoms with Crippen molar-refractivity contribution in [2.24, 2.45) is 0 Å². The number of hydrogen-bond donors (Lipinski definition) is 1. The van der Waals surface area contributed by atoms with E-state index in [1.807, 2.05) is 0 Å². The van der Waals surface area contributed by atoms with Gasteiger partial charge in [0.15, 0.2) is 0 Å². The first-order valence-corrected chi connectivity index (χ1v) is 8.89. The first-order valence-electron chi connectivity index (χ1n) is 8.51. The molecule has 1 heterocycles. The van der Waals surface area contributed by atoms with Gasteiger partial charge in [0.1, 0.15) is 0 Å².